The third kappa shape index (κ3) is 4.15. The van der Waals surface area contributed by atoms with Gasteiger partial charge in [0, 0.05) is 16.4 Å². The van der Waals surface area contributed by atoms with Crippen molar-refractivity contribution in [2.75, 3.05) is 16.4 Å². The smallest absolute Gasteiger partial charge is 0.393 e. The van der Waals surface area contributed by atoms with E-state index in [1.54, 1.807) is 24.3 Å². The summed E-state index contributed by atoms with van der Waals surface area (Å²) in [5.74, 6) is 0.632. The van der Waals surface area contributed by atoms with E-state index in [9.17, 15) is 13.2 Å². The number of nitrogens with zero attached hydrogens (tertiary/aromatic N) is 2. The summed E-state index contributed by atoms with van der Waals surface area (Å²) in [6.07, 6.45) is -3.09. The molecule has 26 heavy (non-hydrogen) atoms. The predicted molar refractivity (Wildman–Crippen MR) is 95.9 cm³/mol. The lowest BCUT2D eigenvalue weighted by Gasteiger charge is -2.13. The monoisotopic (exact) mass is 379 g/mol. The molecule has 0 saturated carbocycles. The van der Waals surface area contributed by atoms with Gasteiger partial charge in [0.15, 0.2) is 11.6 Å². The highest BCUT2D eigenvalue weighted by atomic mass is 35.5. The van der Waals surface area contributed by atoms with Crippen molar-refractivity contribution in [2.24, 2.45) is 0 Å². The predicted octanol–water partition coefficient (Wildman–Crippen LogP) is 5.22. The van der Waals surface area contributed by atoms with Gasteiger partial charge in [-0.05, 0) is 48.5 Å². The van der Waals surface area contributed by atoms with E-state index in [0.717, 1.165) is 17.8 Å². The van der Waals surface area contributed by atoms with E-state index >= 15 is 0 Å². The minimum Gasteiger partial charge on any atom is -0.393 e. The summed E-state index contributed by atoms with van der Waals surface area (Å²) >= 11 is 5.84. The van der Waals surface area contributed by atoms with Gasteiger partial charge in [0.25, 0.3) is 0 Å². The molecule has 0 aliphatic rings. The summed E-state index contributed by atoms with van der Waals surface area (Å²) in [5, 5.41) is 6.51. The number of hydrogen-bond donors (Lipinski definition) is 3. The van der Waals surface area contributed by atoms with Crippen LogP contribution in [-0.4, -0.2) is 9.97 Å². The Morgan fingerprint density at radius 1 is 0.808 bits per heavy atom. The van der Waals surface area contributed by atoms with Crippen LogP contribution in [0.4, 0.5) is 41.9 Å². The maximum atomic E-state index is 12.6. The molecule has 1 aromatic heterocycles. The lowest BCUT2D eigenvalue weighted by Crippen LogP contribution is -2.06. The minimum absolute atomic E-state index is 0.224. The fraction of sp³-hybridized carbons (Fsp3) is 0.0588. The Morgan fingerprint density at radius 2 is 1.27 bits per heavy atom. The lowest BCUT2D eigenvalue weighted by molar-refractivity contribution is -0.137. The van der Waals surface area contributed by atoms with Crippen molar-refractivity contribution in [1.82, 2.24) is 9.97 Å². The molecule has 0 atom stereocenters. The Morgan fingerprint density at radius 3 is 1.73 bits per heavy atom. The van der Waals surface area contributed by atoms with Gasteiger partial charge in [-0.3, -0.25) is 0 Å². The molecule has 0 unspecified atom stereocenters. The first kappa shape index (κ1) is 17.8. The minimum atomic E-state index is -4.39. The molecule has 9 heteroatoms. The molecule has 3 aromatic rings. The molecule has 0 amide bonds. The highest BCUT2D eigenvalue weighted by molar-refractivity contribution is 6.30. The first-order valence-electron chi connectivity index (χ1n) is 7.40. The fourth-order valence-corrected chi connectivity index (χ4v) is 2.27. The van der Waals surface area contributed by atoms with Gasteiger partial charge in [-0.15, -0.1) is 0 Å². The van der Waals surface area contributed by atoms with Crippen LogP contribution >= 0.6 is 11.6 Å². The summed E-state index contributed by atoms with van der Waals surface area (Å²) in [4.78, 5) is 8.11. The normalized spacial score (nSPS) is 11.2. The number of hydrogen-bond acceptors (Lipinski definition) is 5. The Bertz CT molecular complexity index is 896. The van der Waals surface area contributed by atoms with Gasteiger partial charge < -0.3 is 16.4 Å². The number of nitrogens with two attached hydrogens (primary N) is 1. The standard InChI is InChI=1S/C17H13ClF3N5/c18-11-3-7-13(8-4-11)26-16-14(22)15(23-9-24-16)25-12-5-1-10(2-6-12)17(19,20)21/h1-9H,22H2,(H2,23,24,25,26). The van der Waals surface area contributed by atoms with Crippen molar-refractivity contribution in [3.8, 4) is 0 Å². The number of benzene rings is 2. The van der Waals surface area contributed by atoms with E-state index in [-0.39, 0.29) is 11.5 Å². The van der Waals surface area contributed by atoms with Crippen LogP contribution in [0.1, 0.15) is 5.56 Å². The van der Waals surface area contributed by atoms with Crippen molar-refractivity contribution in [3.05, 3.63) is 65.4 Å². The van der Waals surface area contributed by atoms with Crippen molar-refractivity contribution in [2.45, 2.75) is 6.18 Å². The molecule has 134 valence electrons. The molecule has 0 aliphatic heterocycles. The molecule has 0 fully saturated rings. The van der Waals surface area contributed by atoms with Crippen LogP contribution in [0.25, 0.3) is 0 Å². The second-order valence-corrected chi connectivity index (χ2v) is 5.75. The number of nitrogen functional groups attached to an aromatic ring is 1. The molecule has 0 aliphatic carbocycles. The number of halogens is 4. The van der Waals surface area contributed by atoms with E-state index in [0.29, 0.717) is 16.5 Å². The molecule has 0 spiro atoms. The van der Waals surface area contributed by atoms with Gasteiger partial charge in [-0.25, -0.2) is 9.97 Å². The van der Waals surface area contributed by atoms with Crippen LogP contribution in [0.2, 0.25) is 5.02 Å². The van der Waals surface area contributed by atoms with E-state index in [2.05, 4.69) is 20.6 Å². The van der Waals surface area contributed by atoms with Gasteiger partial charge in [-0.2, -0.15) is 13.2 Å². The van der Waals surface area contributed by atoms with Crippen LogP contribution in [0.5, 0.6) is 0 Å². The summed E-state index contributed by atoms with van der Waals surface area (Å²) in [6.45, 7) is 0. The molecule has 4 N–H and O–H groups in total. The zero-order chi connectivity index (χ0) is 18.7. The fourth-order valence-electron chi connectivity index (χ4n) is 2.14. The molecule has 0 radical (unpaired) electrons. The zero-order valence-corrected chi connectivity index (χ0v) is 13.9. The topological polar surface area (TPSA) is 75.9 Å². The molecule has 1 heterocycles. The molecule has 5 nitrogen and oxygen atoms in total. The Hall–Kier alpha value is -3.00. The van der Waals surface area contributed by atoms with E-state index < -0.39 is 11.7 Å². The number of rotatable bonds is 4. The summed E-state index contributed by atoms with van der Waals surface area (Å²) < 4.78 is 37.9. The van der Waals surface area contributed by atoms with Crippen molar-refractivity contribution in [1.29, 1.82) is 0 Å². The van der Waals surface area contributed by atoms with Crippen LogP contribution < -0.4 is 16.4 Å². The second kappa shape index (κ2) is 7.09. The molecule has 3 rings (SSSR count). The number of anilines is 5. The molecule has 0 bridgehead atoms. The number of nitrogens with one attached hydrogen (secondary N) is 2. The molecule has 2 aromatic carbocycles. The van der Waals surface area contributed by atoms with Crippen LogP contribution in [0.15, 0.2) is 54.9 Å². The average Bonchev–Trinajstić information content (AvgIpc) is 2.60. The van der Waals surface area contributed by atoms with Crippen LogP contribution in [0.3, 0.4) is 0 Å². The lowest BCUT2D eigenvalue weighted by atomic mass is 10.2. The summed E-state index contributed by atoms with van der Waals surface area (Å²) in [7, 11) is 0. The van der Waals surface area contributed by atoms with Gasteiger partial charge in [0.05, 0.1) is 5.56 Å². The Labute approximate surface area is 152 Å². The quantitative estimate of drug-likeness (QED) is 0.579. The molecule has 0 saturated heterocycles. The highest BCUT2D eigenvalue weighted by Gasteiger charge is 2.29. The zero-order valence-electron chi connectivity index (χ0n) is 13.2. The van der Waals surface area contributed by atoms with Gasteiger partial charge in [-0.1, -0.05) is 11.6 Å². The summed E-state index contributed by atoms with van der Waals surface area (Å²) in [5.41, 5.74) is 6.68. The number of aromatic nitrogens is 2. The van der Waals surface area contributed by atoms with Gasteiger partial charge in [0.2, 0.25) is 0 Å². The second-order valence-electron chi connectivity index (χ2n) is 5.32. The van der Waals surface area contributed by atoms with E-state index in [1.165, 1.54) is 18.5 Å². The van der Waals surface area contributed by atoms with Gasteiger partial charge in [0.1, 0.15) is 12.0 Å². The SMILES string of the molecule is Nc1c(Nc2ccc(Cl)cc2)ncnc1Nc1ccc(C(F)(F)F)cc1. The van der Waals surface area contributed by atoms with E-state index in [1.807, 2.05) is 0 Å². The number of alkyl halides is 3. The third-order valence-corrected chi connectivity index (χ3v) is 3.72. The maximum Gasteiger partial charge on any atom is 0.416 e. The third-order valence-electron chi connectivity index (χ3n) is 3.47. The average molecular weight is 380 g/mol. The largest absolute Gasteiger partial charge is 0.416 e. The first-order chi connectivity index (χ1) is 12.3. The molecular weight excluding hydrogens is 367 g/mol. The van der Waals surface area contributed by atoms with Gasteiger partial charge >= 0.3 is 6.18 Å². The van der Waals surface area contributed by atoms with Crippen molar-refractivity contribution >= 4 is 40.3 Å². The Kier molecular flexibility index (Phi) is 4.85. The Balaban J connectivity index is 1.79. The van der Waals surface area contributed by atoms with Crippen LogP contribution in [0, 0.1) is 0 Å². The molecular formula is C17H13ClF3N5. The van der Waals surface area contributed by atoms with Crippen molar-refractivity contribution < 1.29 is 13.2 Å². The maximum absolute atomic E-state index is 12.6. The first-order valence-corrected chi connectivity index (χ1v) is 7.78. The van der Waals surface area contributed by atoms with Crippen LogP contribution in [-0.2, 0) is 6.18 Å². The van der Waals surface area contributed by atoms with Crippen molar-refractivity contribution in [3.63, 3.8) is 0 Å². The van der Waals surface area contributed by atoms with E-state index in [4.69, 9.17) is 17.3 Å². The highest BCUT2D eigenvalue weighted by Crippen LogP contribution is 2.32. The summed E-state index contributed by atoms with van der Waals surface area (Å²) in [6, 6.07) is 11.5.